The van der Waals surface area contributed by atoms with Gasteiger partial charge in [-0.1, -0.05) is 13.0 Å². The van der Waals surface area contributed by atoms with Crippen LogP contribution in [0.3, 0.4) is 0 Å². The fraction of sp³-hybridized carbons (Fsp3) is 0.364. The third-order valence-corrected chi connectivity index (χ3v) is 8.35. The second-order valence-corrected chi connectivity index (χ2v) is 11.0. The first-order valence-electron chi connectivity index (χ1n) is 14.4. The Balaban J connectivity index is 1.91. The third kappa shape index (κ3) is 6.38. The van der Waals surface area contributed by atoms with Gasteiger partial charge in [-0.2, -0.15) is 0 Å². The highest BCUT2D eigenvalue weighted by atomic mass is 16.4. The van der Waals surface area contributed by atoms with Crippen molar-refractivity contribution in [2.75, 3.05) is 0 Å². The number of aliphatic carboxylic acids is 2. The summed E-state index contributed by atoms with van der Waals surface area (Å²) in [5, 5.41) is 23.2. The number of amides is 2. The van der Waals surface area contributed by atoms with Crippen LogP contribution in [0.1, 0.15) is 80.6 Å². The number of carboxylic acid groups (broad SMARTS) is 2. The highest BCUT2D eigenvalue weighted by molar-refractivity contribution is 6.30. The van der Waals surface area contributed by atoms with Crippen LogP contribution < -0.4 is 16.0 Å². The molecule has 1 saturated heterocycles. The van der Waals surface area contributed by atoms with Crippen molar-refractivity contribution in [3.63, 3.8) is 0 Å². The van der Waals surface area contributed by atoms with E-state index >= 15 is 0 Å². The van der Waals surface area contributed by atoms with E-state index in [-0.39, 0.29) is 43.4 Å². The van der Waals surface area contributed by atoms with E-state index in [1.54, 1.807) is 0 Å². The molecule has 4 heterocycles. The number of hydrogen-bond acceptors (Lipinski definition) is 4. The summed E-state index contributed by atoms with van der Waals surface area (Å²) in [6, 6.07) is 0. The fourth-order valence-corrected chi connectivity index (χ4v) is 5.77. The summed E-state index contributed by atoms with van der Waals surface area (Å²) in [6.07, 6.45) is 8.45. The standard InChI is InChI=1S/C33H38N4O6/c1-7-20-19(6)32(42)37-27(20)14-25-18(5)23(10-12-31(40)41)29(35-25)15-28-22(9-11-30(38)39)17(4)24(34-28)13-26-16(3)21(8-2)33(43)36-26/h7,13-15,19,34-35H,8-12H2,1-6H3,(H,37,42)(H,38,39)(H,40,41)/b20-7?,24-13+,27-14+,28-15+. The zero-order valence-corrected chi connectivity index (χ0v) is 25.4. The van der Waals surface area contributed by atoms with Crippen molar-refractivity contribution < 1.29 is 29.4 Å². The number of carbonyl (C=O) groups excluding carboxylic acids is 2. The van der Waals surface area contributed by atoms with E-state index in [9.17, 15) is 29.4 Å². The van der Waals surface area contributed by atoms with Gasteiger partial charge in [-0.15, -0.1) is 0 Å². The van der Waals surface area contributed by atoms with Crippen LogP contribution in [-0.4, -0.2) is 49.6 Å². The van der Waals surface area contributed by atoms with Gasteiger partial charge < -0.3 is 25.5 Å². The Bertz CT molecular complexity index is 1780. The molecule has 10 nitrogen and oxygen atoms in total. The molecule has 1 fully saturated rings. The predicted octanol–water partition coefficient (Wildman–Crippen LogP) is 3.36. The van der Waals surface area contributed by atoms with Gasteiger partial charge in [-0.25, -0.2) is 4.99 Å². The lowest BCUT2D eigenvalue weighted by Crippen LogP contribution is -2.16. The molecule has 0 saturated carbocycles. The lowest BCUT2D eigenvalue weighted by Gasteiger charge is -2.03. The van der Waals surface area contributed by atoms with Gasteiger partial charge in [0.05, 0.1) is 11.6 Å². The van der Waals surface area contributed by atoms with Crippen molar-refractivity contribution in [1.29, 1.82) is 0 Å². The number of hydrogen-bond donors (Lipinski definition) is 5. The fourth-order valence-electron chi connectivity index (χ4n) is 5.77. The lowest BCUT2D eigenvalue weighted by molar-refractivity contribution is -0.138. The van der Waals surface area contributed by atoms with Crippen LogP contribution in [0, 0.1) is 19.8 Å². The molecule has 43 heavy (non-hydrogen) atoms. The first-order valence-corrected chi connectivity index (χ1v) is 14.4. The summed E-state index contributed by atoms with van der Waals surface area (Å²) in [5.41, 5.74) is 8.40. The number of allylic oxidation sites excluding steroid dienone is 3. The summed E-state index contributed by atoms with van der Waals surface area (Å²) in [4.78, 5) is 58.8. The molecule has 2 aliphatic rings. The summed E-state index contributed by atoms with van der Waals surface area (Å²) in [6.45, 7) is 11.3. The van der Waals surface area contributed by atoms with Gasteiger partial charge in [0.15, 0.2) is 0 Å². The molecule has 4 rings (SSSR count). The molecular formula is C33H38N4O6. The quantitative estimate of drug-likeness (QED) is 0.286. The molecule has 0 radical (unpaired) electrons. The second kappa shape index (κ2) is 12.6. The lowest BCUT2D eigenvalue weighted by atomic mass is 10.00. The summed E-state index contributed by atoms with van der Waals surface area (Å²) < 4.78 is 0. The number of aliphatic imine (C=N–C) groups is 1. The van der Waals surface area contributed by atoms with Gasteiger partial charge in [0.1, 0.15) is 0 Å². The highest BCUT2D eigenvalue weighted by Crippen LogP contribution is 2.29. The van der Waals surface area contributed by atoms with Crippen molar-refractivity contribution in [1.82, 2.24) is 15.3 Å². The second-order valence-electron chi connectivity index (χ2n) is 11.0. The molecule has 0 spiro atoms. The topological polar surface area (TPSA) is 165 Å². The average Bonchev–Trinajstić information content (AvgIpc) is 3.59. The smallest absolute Gasteiger partial charge is 0.303 e. The van der Waals surface area contributed by atoms with Gasteiger partial charge in [-0.3, -0.25) is 19.2 Å². The maximum absolute atomic E-state index is 12.3. The predicted molar refractivity (Wildman–Crippen MR) is 165 cm³/mol. The van der Waals surface area contributed by atoms with E-state index in [4.69, 9.17) is 0 Å². The van der Waals surface area contributed by atoms with E-state index in [2.05, 4.69) is 20.3 Å². The van der Waals surface area contributed by atoms with Crippen molar-refractivity contribution in [2.45, 2.75) is 73.6 Å². The van der Waals surface area contributed by atoms with Crippen LogP contribution in [0.15, 0.2) is 33.5 Å². The Labute approximate surface area is 249 Å². The molecule has 0 aromatic carbocycles. The number of nitrogens with one attached hydrogen (secondary N) is 3. The molecule has 2 amide bonds. The molecule has 1 atom stereocenters. The van der Waals surface area contributed by atoms with Crippen LogP contribution in [0.25, 0.3) is 18.2 Å². The average molecular weight is 587 g/mol. The first-order chi connectivity index (χ1) is 20.4. The Hall–Kier alpha value is -4.73. The number of H-pyrrole nitrogens is 2. The number of nitrogens with zero attached hydrogens (tertiary/aromatic N) is 1. The molecule has 0 bridgehead atoms. The van der Waals surface area contributed by atoms with Gasteiger partial charge >= 0.3 is 11.9 Å². The zero-order valence-electron chi connectivity index (χ0n) is 25.4. The van der Waals surface area contributed by atoms with Crippen molar-refractivity contribution >= 4 is 47.7 Å². The maximum atomic E-state index is 12.3. The normalized spacial score (nSPS) is 19.8. The highest BCUT2D eigenvalue weighted by Gasteiger charge is 2.29. The molecular weight excluding hydrogens is 548 g/mol. The Morgan fingerprint density at radius 1 is 0.884 bits per heavy atom. The Morgan fingerprint density at radius 2 is 1.53 bits per heavy atom. The van der Waals surface area contributed by atoms with Crippen molar-refractivity contribution in [3.8, 4) is 0 Å². The molecule has 2 aromatic heterocycles. The van der Waals surface area contributed by atoms with Crippen LogP contribution in [-0.2, 0) is 32.0 Å². The summed E-state index contributed by atoms with van der Waals surface area (Å²) >= 11 is 0. The van der Waals surface area contributed by atoms with E-state index in [0.717, 1.165) is 39.1 Å². The minimum absolute atomic E-state index is 0.0721. The van der Waals surface area contributed by atoms with Gasteiger partial charge in [0.25, 0.3) is 5.91 Å². The van der Waals surface area contributed by atoms with E-state index in [0.29, 0.717) is 39.8 Å². The van der Waals surface area contributed by atoms with Crippen LogP contribution in [0.5, 0.6) is 0 Å². The first kappa shape index (κ1) is 31.2. The number of carboxylic acids is 2. The molecule has 1 unspecified atom stereocenters. The number of aromatic nitrogens is 2. The van der Waals surface area contributed by atoms with E-state index in [1.807, 2.05) is 65.8 Å². The zero-order chi connectivity index (χ0) is 31.6. The summed E-state index contributed by atoms with van der Waals surface area (Å²) in [7, 11) is 0. The van der Waals surface area contributed by atoms with Crippen LogP contribution in [0.2, 0.25) is 0 Å². The molecule has 0 aliphatic carbocycles. The van der Waals surface area contributed by atoms with Crippen LogP contribution >= 0.6 is 0 Å². The molecule has 2 aromatic rings. The number of carbonyl (C=O) groups is 4. The van der Waals surface area contributed by atoms with Crippen molar-refractivity contribution in [2.24, 2.45) is 10.9 Å². The van der Waals surface area contributed by atoms with Gasteiger partial charge in [0.2, 0.25) is 5.91 Å². The third-order valence-electron chi connectivity index (χ3n) is 8.35. The Morgan fingerprint density at radius 3 is 2.12 bits per heavy atom. The Kier molecular flexibility index (Phi) is 9.18. The van der Waals surface area contributed by atoms with Gasteiger partial charge in [-0.05, 0) is 106 Å². The van der Waals surface area contributed by atoms with Gasteiger partial charge in [0, 0.05) is 46.2 Å². The van der Waals surface area contributed by atoms with Crippen LogP contribution in [0.4, 0.5) is 0 Å². The minimum Gasteiger partial charge on any atom is -0.481 e. The summed E-state index contributed by atoms with van der Waals surface area (Å²) in [5.74, 6) is -2.44. The molecule has 226 valence electrons. The van der Waals surface area contributed by atoms with Crippen molar-refractivity contribution in [3.05, 3.63) is 72.8 Å². The number of aromatic amines is 2. The van der Waals surface area contributed by atoms with E-state index in [1.165, 1.54) is 0 Å². The molecule has 10 heteroatoms. The SMILES string of the molecule is CC=C1/C(=C\c2[nH]c(/C=c3/[nH]/c(=C/C4=NC(=O)C(CC)=C4C)c(C)c3CCC(=O)O)c(CCC(=O)O)c2C)NC(=O)C1C. The molecule has 5 N–H and O–H groups in total. The molecule has 2 aliphatic heterocycles. The minimum atomic E-state index is -0.923. The monoisotopic (exact) mass is 586 g/mol. The van der Waals surface area contributed by atoms with E-state index < -0.39 is 11.9 Å². The number of rotatable bonds is 10. The largest absolute Gasteiger partial charge is 0.481 e. The maximum Gasteiger partial charge on any atom is 0.303 e.